The van der Waals surface area contributed by atoms with Crippen molar-refractivity contribution in [3.63, 3.8) is 0 Å². The Bertz CT molecular complexity index is 1120. The fraction of sp³-hybridized carbons (Fsp3) is 0.417. The van der Waals surface area contributed by atoms with E-state index >= 15 is 0 Å². The summed E-state index contributed by atoms with van der Waals surface area (Å²) >= 11 is 12.2. The van der Waals surface area contributed by atoms with Crippen molar-refractivity contribution in [3.8, 4) is 0 Å². The van der Waals surface area contributed by atoms with Crippen LogP contribution in [-0.4, -0.2) is 55.1 Å². The van der Waals surface area contributed by atoms with Crippen LogP contribution in [0.3, 0.4) is 0 Å². The molecule has 0 aromatic heterocycles. The zero-order valence-corrected chi connectivity index (χ0v) is 21.5. The summed E-state index contributed by atoms with van der Waals surface area (Å²) in [5.74, 6) is -0.774. The van der Waals surface area contributed by atoms with E-state index in [1.165, 1.54) is 36.2 Å². The van der Waals surface area contributed by atoms with Gasteiger partial charge in [0.05, 0.1) is 11.4 Å². The zero-order chi connectivity index (χ0) is 24.9. The van der Waals surface area contributed by atoms with Gasteiger partial charge in [-0.3, -0.25) is 9.59 Å². The maximum Gasteiger partial charge on any atom is 0.243 e. The molecule has 0 unspecified atom stereocenters. The van der Waals surface area contributed by atoms with Crippen LogP contribution in [0.2, 0.25) is 10.0 Å². The van der Waals surface area contributed by atoms with Gasteiger partial charge in [-0.15, -0.1) is 0 Å². The van der Waals surface area contributed by atoms with Gasteiger partial charge in [-0.05, 0) is 55.7 Å². The van der Waals surface area contributed by atoms with Gasteiger partial charge in [0.25, 0.3) is 0 Å². The van der Waals surface area contributed by atoms with Gasteiger partial charge in [0, 0.05) is 29.7 Å². The molecule has 3 rings (SSSR count). The van der Waals surface area contributed by atoms with Crippen molar-refractivity contribution >= 4 is 45.0 Å². The molecule has 0 radical (unpaired) electrons. The van der Waals surface area contributed by atoms with Gasteiger partial charge < -0.3 is 10.2 Å². The molecule has 0 aliphatic heterocycles. The highest BCUT2D eigenvalue weighted by atomic mass is 35.5. The third-order valence-electron chi connectivity index (χ3n) is 6.05. The van der Waals surface area contributed by atoms with Gasteiger partial charge in [-0.2, -0.15) is 4.31 Å². The number of likely N-dealkylation sites (N-methyl/N-ethyl adjacent to an activating group) is 1. The number of benzene rings is 2. The molecule has 2 aromatic rings. The molecule has 1 saturated carbocycles. The van der Waals surface area contributed by atoms with Crippen molar-refractivity contribution in [3.05, 3.63) is 64.1 Å². The Morgan fingerprint density at radius 3 is 2.29 bits per heavy atom. The Morgan fingerprint density at radius 1 is 1.06 bits per heavy atom. The number of halogens is 2. The van der Waals surface area contributed by atoms with E-state index in [-0.39, 0.29) is 23.4 Å². The minimum Gasteiger partial charge on any atom is -0.352 e. The molecule has 0 spiro atoms. The van der Waals surface area contributed by atoms with E-state index in [2.05, 4.69) is 5.32 Å². The number of carbonyl (C=O) groups is 2. The first-order chi connectivity index (χ1) is 16.1. The Balaban J connectivity index is 1.80. The van der Waals surface area contributed by atoms with Crippen molar-refractivity contribution in [2.75, 3.05) is 13.6 Å². The monoisotopic (exact) mass is 525 g/mol. The molecule has 1 aliphatic carbocycles. The zero-order valence-electron chi connectivity index (χ0n) is 19.2. The highest BCUT2D eigenvalue weighted by Gasteiger charge is 2.31. The van der Waals surface area contributed by atoms with E-state index in [4.69, 9.17) is 23.2 Å². The molecule has 34 heavy (non-hydrogen) atoms. The molecule has 184 valence electrons. The molecule has 0 bridgehead atoms. The summed E-state index contributed by atoms with van der Waals surface area (Å²) in [6.45, 7) is 1.29. The molecule has 7 nitrogen and oxygen atoms in total. The molecular weight excluding hydrogens is 497 g/mol. The van der Waals surface area contributed by atoms with Crippen LogP contribution >= 0.6 is 23.2 Å². The van der Waals surface area contributed by atoms with Crippen LogP contribution < -0.4 is 5.32 Å². The van der Waals surface area contributed by atoms with Crippen molar-refractivity contribution < 1.29 is 18.0 Å². The number of amides is 2. The quantitative estimate of drug-likeness (QED) is 0.534. The van der Waals surface area contributed by atoms with E-state index in [9.17, 15) is 18.0 Å². The van der Waals surface area contributed by atoms with Crippen LogP contribution in [0.25, 0.3) is 0 Å². The second kappa shape index (κ2) is 11.5. The number of nitrogens with one attached hydrogen (secondary N) is 1. The Labute approximate surface area is 211 Å². The summed E-state index contributed by atoms with van der Waals surface area (Å²) in [5.41, 5.74) is 0.668. The third kappa shape index (κ3) is 6.50. The molecule has 1 aliphatic rings. The first-order valence-corrected chi connectivity index (χ1v) is 13.3. The second-order valence-corrected chi connectivity index (χ2v) is 11.4. The lowest BCUT2D eigenvalue weighted by molar-refractivity contribution is -0.140. The molecule has 0 saturated heterocycles. The maximum atomic E-state index is 13.4. The largest absolute Gasteiger partial charge is 0.352 e. The number of hydrogen-bond donors (Lipinski definition) is 1. The van der Waals surface area contributed by atoms with E-state index in [0.29, 0.717) is 15.6 Å². The van der Waals surface area contributed by atoms with Crippen molar-refractivity contribution in [2.24, 2.45) is 0 Å². The Morgan fingerprint density at radius 2 is 1.68 bits per heavy atom. The smallest absolute Gasteiger partial charge is 0.243 e. The SMILES string of the molecule is C[C@H](C(=O)NC1CCCC1)N(Cc1ccccc1Cl)C(=O)CN(C)S(=O)(=O)c1ccc(Cl)cc1. The average molecular weight is 526 g/mol. The van der Waals surface area contributed by atoms with Gasteiger partial charge in [-0.25, -0.2) is 8.42 Å². The first kappa shape index (κ1) is 26.5. The summed E-state index contributed by atoms with van der Waals surface area (Å²) in [4.78, 5) is 27.7. The van der Waals surface area contributed by atoms with Crippen LogP contribution in [0.1, 0.15) is 38.2 Å². The van der Waals surface area contributed by atoms with Crippen LogP contribution in [0.4, 0.5) is 0 Å². The van der Waals surface area contributed by atoms with E-state index in [1.807, 2.05) is 0 Å². The number of carbonyl (C=O) groups excluding carboxylic acids is 2. The minimum atomic E-state index is -3.93. The third-order valence-corrected chi connectivity index (χ3v) is 8.49. The lowest BCUT2D eigenvalue weighted by Gasteiger charge is -2.31. The first-order valence-electron chi connectivity index (χ1n) is 11.1. The number of sulfonamides is 1. The van der Waals surface area contributed by atoms with Crippen molar-refractivity contribution in [1.29, 1.82) is 0 Å². The van der Waals surface area contributed by atoms with Gasteiger partial charge in [0.2, 0.25) is 21.8 Å². The summed E-state index contributed by atoms with van der Waals surface area (Å²) in [5, 5.41) is 3.89. The van der Waals surface area contributed by atoms with Crippen molar-refractivity contribution in [1.82, 2.24) is 14.5 Å². The lowest BCUT2D eigenvalue weighted by Crippen LogP contribution is -2.52. The summed E-state index contributed by atoms with van der Waals surface area (Å²) in [6.07, 6.45) is 3.96. The Hall–Kier alpha value is -2.13. The highest BCUT2D eigenvalue weighted by molar-refractivity contribution is 7.89. The van der Waals surface area contributed by atoms with E-state index in [1.54, 1.807) is 31.2 Å². The van der Waals surface area contributed by atoms with Gasteiger partial charge in [0.1, 0.15) is 6.04 Å². The van der Waals surface area contributed by atoms with Crippen LogP contribution in [-0.2, 0) is 26.2 Å². The summed E-state index contributed by atoms with van der Waals surface area (Å²) in [6, 6.07) is 12.1. The topological polar surface area (TPSA) is 86.8 Å². The molecule has 1 N–H and O–H groups in total. The summed E-state index contributed by atoms with van der Waals surface area (Å²) in [7, 11) is -2.60. The normalized spacial score (nSPS) is 15.3. The number of rotatable bonds is 9. The standard InChI is InChI=1S/C24H29Cl2N3O4S/c1-17(24(31)27-20-8-4-5-9-20)29(15-18-7-3-6-10-22(18)26)23(30)16-28(2)34(32,33)21-13-11-19(25)12-14-21/h3,6-7,10-14,17,20H,4-5,8-9,15-16H2,1-2H3,(H,27,31)/t17-/m1/s1. The molecule has 1 fully saturated rings. The predicted molar refractivity (Wildman–Crippen MR) is 133 cm³/mol. The lowest BCUT2D eigenvalue weighted by atomic mass is 10.1. The second-order valence-electron chi connectivity index (χ2n) is 8.49. The maximum absolute atomic E-state index is 13.4. The Kier molecular flexibility index (Phi) is 8.98. The fourth-order valence-electron chi connectivity index (χ4n) is 3.94. The van der Waals surface area contributed by atoms with Gasteiger partial charge >= 0.3 is 0 Å². The number of hydrogen-bond acceptors (Lipinski definition) is 4. The molecule has 2 aromatic carbocycles. The van der Waals surface area contributed by atoms with Gasteiger partial charge in [0.15, 0.2) is 0 Å². The molecule has 0 heterocycles. The highest BCUT2D eigenvalue weighted by Crippen LogP contribution is 2.22. The average Bonchev–Trinajstić information content (AvgIpc) is 3.31. The van der Waals surface area contributed by atoms with Crippen LogP contribution in [0.5, 0.6) is 0 Å². The summed E-state index contributed by atoms with van der Waals surface area (Å²) < 4.78 is 26.9. The predicted octanol–water partition coefficient (Wildman–Crippen LogP) is 4.09. The van der Waals surface area contributed by atoms with Gasteiger partial charge in [-0.1, -0.05) is 54.2 Å². The molecule has 10 heteroatoms. The fourth-order valence-corrected chi connectivity index (χ4v) is 5.38. The molecule has 2 amide bonds. The minimum absolute atomic E-state index is 0.0249. The number of nitrogens with zero attached hydrogens (tertiary/aromatic N) is 2. The van der Waals surface area contributed by atoms with Crippen LogP contribution in [0.15, 0.2) is 53.4 Å². The molecular formula is C24H29Cl2N3O4S. The van der Waals surface area contributed by atoms with E-state index in [0.717, 1.165) is 30.0 Å². The van der Waals surface area contributed by atoms with Crippen molar-refractivity contribution in [2.45, 2.75) is 56.1 Å². The van der Waals surface area contributed by atoms with E-state index < -0.39 is 28.5 Å². The molecule has 1 atom stereocenters. The van der Waals surface area contributed by atoms with Crippen LogP contribution in [0, 0.1) is 0 Å².